The molecule has 0 radical (unpaired) electrons. The van der Waals surface area contributed by atoms with Gasteiger partial charge in [-0.1, -0.05) is 38.4 Å². The minimum Gasteiger partial charge on any atom is -0.481 e. The molecule has 0 aliphatic rings. The second kappa shape index (κ2) is 7.90. The molecule has 142 valence electrons. The minimum absolute atomic E-state index is 0.0363. The van der Waals surface area contributed by atoms with Gasteiger partial charge in [0.25, 0.3) is 0 Å². The van der Waals surface area contributed by atoms with E-state index in [9.17, 15) is 4.79 Å². The number of aryl methyl sites for hydroxylation is 1. The Bertz CT molecular complexity index is 784. The molecule has 26 heavy (non-hydrogen) atoms. The molecule has 8 heteroatoms. The number of aromatic nitrogens is 2. The molecule has 0 saturated carbocycles. The third-order valence-electron chi connectivity index (χ3n) is 4.74. The van der Waals surface area contributed by atoms with Crippen molar-refractivity contribution in [2.45, 2.75) is 58.4 Å². The largest absolute Gasteiger partial charge is 0.481 e. The van der Waals surface area contributed by atoms with Crippen LogP contribution < -0.4 is 0 Å². The highest BCUT2D eigenvalue weighted by molar-refractivity contribution is 6.74. The second-order valence-electron chi connectivity index (χ2n) is 7.75. The van der Waals surface area contributed by atoms with E-state index in [2.05, 4.69) is 44.1 Å². The lowest BCUT2D eigenvalue weighted by atomic mass is 10.1. The number of aliphatic carboxylic acids is 1. The van der Waals surface area contributed by atoms with Crippen molar-refractivity contribution in [1.82, 2.24) is 10.2 Å². The summed E-state index contributed by atoms with van der Waals surface area (Å²) in [6.45, 7) is 11.1. The molecule has 0 aliphatic carbocycles. The van der Waals surface area contributed by atoms with Crippen LogP contribution in [0.4, 0.5) is 0 Å². The fraction of sp³-hybridized carbons (Fsp3) is 0.500. The van der Waals surface area contributed by atoms with Gasteiger partial charge in [-0.2, -0.15) is 0 Å². The number of hydrogen-bond donors (Lipinski definition) is 1. The predicted molar refractivity (Wildman–Crippen MR) is 103 cm³/mol. The van der Waals surface area contributed by atoms with Crippen LogP contribution in [0.1, 0.15) is 38.6 Å². The van der Waals surface area contributed by atoms with Gasteiger partial charge in [0.15, 0.2) is 8.32 Å². The molecule has 1 N–H and O–H groups in total. The Morgan fingerprint density at radius 1 is 1.31 bits per heavy atom. The van der Waals surface area contributed by atoms with Crippen LogP contribution in [0.2, 0.25) is 23.2 Å². The van der Waals surface area contributed by atoms with E-state index in [-0.39, 0.29) is 18.1 Å². The van der Waals surface area contributed by atoms with Crippen LogP contribution in [-0.4, -0.2) is 29.6 Å². The number of nitrogens with zero attached hydrogens (tertiary/aromatic N) is 2. The average Bonchev–Trinajstić information content (AvgIpc) is 2.99. The van der Waals surface area contributed by atoms with Crippen molar-refractivity contribution in [2.75, 3.05) is 0 Å². The summed E-state index contributed by atoms with van der Waals surface area (Å²) in [6.07, 6.45) is 0.415. The summed E-state index contributed by atoms with van der Waals surface area (Å²) in [5, 5.41) is 17.5. The molecular weight excluding hydrogens is 372 g/mol. The molecule has 1 heterocycles. The molecule has 0 amide bonds. The van der Waals surface area contributed by atoms with Crippen LogP contribution >= 0.6 is 11.6 Å². The van der Waals surface area contributed by atoms with Crippen LogP contribution in [0.5, 0.6) is 0 Å². The van der Waals surface area contributed by atoms with Crippen molar-refractivity contribution >= 4 is 25.9 Å². The summed E-state index contributed by atoms with van der Waals surface area (Å²) in [5.41, 5.74) is 1.47. The third kappa shape index (κ3) is 5.15. The average molecular weight is 397 g/mol. The van der Waals surface area contributed by atoms with Crippen LogP contribution in [0.25, 0.3) is 11.5 Å². The lowest BCUT2D eigenvalue weighted by Crippen LogP contribution is -2.40. The van der Waals surface area contributed by atoms with Crippen molar-refractivity contribution in [2.24, 2.45) is 0 Å². The summed E-state index contributed by atoms with van der Waals surface area (Å²) in [5.74, 6) is -0.0603. The van der Waals surface area contributed by atoms with Crippen LogP contribution in [0.3, 0.4) is 0 Å². The van der Waals surface area contributed by atoms with Gasteiger partial charge in [0.05, 0.1) is 0 Å². The van der Waals surface area contributed by atoms with Crippen LogP contribution in [-0.2, 0) is 22.2 Å². The lowest BCUT2D eigenvalue weighted by Gasteiger charge is -2.35. The molecule has 2 aromatic rings. The van der Waals surface area contributed by atoms with Crippen molar-refractivity contribution < 1.29 is 18.7 Å². The molecule has 0 atom stereocenters. The highest BCUT2D eigenvalue weighted by Crippen LogP contribution is 2.37. The maximum Gasteiger partial charge on any atom is 0.303 e. The predicted octanol–water partition coefficient (Wildman–Crippen LogP) is 4.93. The van der Waals surface area contributed by atoms with E-state index in [1.54, 1.807) is 18.2 Å². The first-order valence-electron chi connectivity index (χ1n) is 8.46. The first-order chi connectivity index (χ1) is 12.0. The number of rotatable bonds is 7. The quantitative estimate of drug-likeness (QED) is 0.668. The minimum atomic E-state index is -1.89. The summed E-state index contributed by atoms with van der Waals surface area (Å²) in [7, 11) is -1.89. The number of halogens is 1. The van der Waals surface area contributed by atoms with E-state index in [1.807, 2.05) is 0 Å². The second-order valence-corrected chi connectivity index (χ2v) is 13.0. The Morgan fingerprint density at radius 3 is 2.58 bits per heavy atom. The van der Waals surface area contributed by atoms with Crippen molar-refractivity contribution in [1.29, 1.82) is 0 Å². The summed E-state index contributed by atoms with van der Waals surface area (Å²) in [4.78, 5) is 10.7. The zero-order chi connectivity index (χ0) is 19.5. The molecule has 0 saturated heterocycles. The monoisotopic (exact) mass is 396 g/mol. The number of carbonyl (C=O) groups is 1. The Hall–Kier alpha value is -1.70. The van der Waals surface area contributed by atoms with Gasteiger partial charge in [-0.3, -0.25) is 4.79 Å². The highest BCUT2D eigenvalue weighted by atomic mass is 35.5. The summed E-state index contributed by atoms with van der Waals surface area (Å²) >= 11 is 6.24. The van der Waals surface area contributed by atoms with Crippen LogP contribution in [0.15, 0.2) is 22.6 Å². The Kier molecular flexibility index (Phi) is 6.26. The molecule has 1 aromatic carbocycles. The lowest BCUT2D eigenvalue weighted by molar-refractivity contribution is -0.136. The summed E-state index contributed by atoms with van der Waals surface area (Å²) in [6, 6.07) is 5.30. The molecule has 2 rings (SSSR count). The van der Waals surface area contributed by atoms with Gasteiger partial charge in [0, 0.05) is 17.0 Å². The van der Waals surface area contributed by atoms with E-state index in [0.717, 1.165) is 5.56 Å². The number of carboxylic acid groups (broad SMARTS) is 1. The zero-order valence-corrected chi connectivity index (χ0v) is 17.6. The third-order valence-corrected chi connectivity index (χ3v) is 9.57. The van der Waals surface area contributed by atoms with E-state index in [4.69, 9.17) is 25.6 Å². The number of hydrogen-bond acceptors (Lipinski definition) is 5. The number of benzene rings is 1. The van der Waals surface area contributed by atoms with Gasteiger partial charge in [-0.05, 0) is 42.2 Å². The Labute approximate surface area is 159 Å². The van der Waals surface area contributed by atoms with Gasteiger partial charge in [0.2, 0.25) is 11.8 Å². The maximum atomic E-state index is 10.7. The molecule has 0 spiro atoms. The SMILES string of the molecule is CC(C)(C)[Si](C)(C)OCc1nnc(-c2ccc(CCC(=O)O)c(Cl)c2)o1. The first kappa shape index (κ1) is 20.6. The van der Waals surface area contributed by atoms with Crippen molar-refractivity contribution in [3.63, 3.8) is 0 Å². The molecule has 0 bridgehead atoms. The fourth-order valence-corrected chi connectivity index (χ4v) is 3.20. The zero-order valence-electron chi connectivity index (χ0n) is 15.8. The topological polar surface area (TPSA) is 85.5 Å². The molecule has 0 unspecified atom stereocenters. The standard InChI is InChI=1S/C18H25ClN2O4Si/c1-18(2,3)26(4,5)24-11-15-20-21-17(25-15)13-7-6-12(14(19)10-13)8-9-16(22)23/h6-7,10H,8-9,11H2,1-5H3,(H,22,23). The van der Waals surface area contributed by atoms with Gasteiger partial charge >= 0.3 is 5.97 Å². The maximum absolute atomic E-state index is 10.7. The Morgan fingerprint density at radius 2 is 2.00 bits per heavy atom. The normalized spacial score (nSPS) is 12.4. The van der Waals surface area contributed by atoms with Gasteiger partial charge in [-0.15, -0.1) is 10.2 Å². The van der Waals surface area contributed by atoms with Crippen molar-refractivity contribution in [3.05, 3.63) is 34.7 Å². The van der Waals surface area contributed by atoms with E-state index >= 15 is 0 Å². The summed E-state index contributed by atoms with van der Waals surface area (Å²) < 4.78 is 11.8. The van der Waals surface area contributed by atoms with Gasteiger partial charge in [-0.25, -0.2) is 0 Å². The smallest absolute Gasteiger partial charge is 0.303 e. The Balaban J connectivity index is 2.07. The molecule has 6 nitrogen and oxygen atoms in total. The number of carboxylic acids is 1. The highest BCUT2D eigenvalue weighted by Gasteiger charge is 2.37. The van der Waals surface area contributed by atoms with Gasteiger partial charge in [0.1, 0.15) is 6.61 Å². The molecule has 1 aromatic heterocycles. The van der Waals surface area contributed by atoms with E-state index in [0.29, 0.717) is 28.8 Å². The fourth-order valence-electron chi connectivity index (χ4n) is 2.01. The molecule has 0 fully saturated rings. The van der Waals surface area contributed by atoms with E-state index < -0.39 is 14.3 Å². The molecular formula is C18H25ClN2O4Si. The van der Waals surface area contributed by atoms with Crippen LogP contribution in [0, 0.1) is 0 Å². The first-order valence-corrected chi connectivity index (χ1v) is 11.7. The van der Waals surface area contributed by atoms with Crippen molar-refractivity contribution in [3.8, 4) is 11.5 Å². The van der Waals surface area contributed by atoms with E-state index in [1.165, 1.54) is 0 Å². The van der Waals surface area contributed by atoms with Gasteiger partial charge < -0.3 is 13.9 Å². The molecule has 0 aliphatic heterocycles.